The van der Waals surface area contributed by atoms with Crippen LogP contribution in [0.2, 0.25) is 0 Å². The topological polar surface area (TPSA) is 104 Å². The van der Waals surface area contributed by atoms with Crippen LogP contribution in [0.25, 0.3) is 5.65 Å². The Morgan fingerprint density at radius 3 is 2.97 bits per heavy atom. The average Bonchev–Trinajstić information content (AvgIpc) is 3.50. The maximum Gasteiger partial charge on any atom is 0.254 e. The zero-order valence-electron chi connectivity index (χ0n) is 18.3. The number of rotatable bonds is 6. The Balaban J connectivity index is 1.44. The second-order valence-corrected chi connectivity index (χ2v) is 8.50. The van der Waals surface area contributed by atoms with Gasteiger partial charge in [-0.3, -0.25) is 4.79 Å². The minimum absolute atomic E-state index is 0.156. The van der Waals surface area contributed by atoms with Gasteiger partial charge in [-0.25, -0.2) is 13.9 Å². The molecule has 3 aromatic rings. The fraction of sp³-hybridized carbons (Fsp3) is 0.348. The van der Waals surface area contributed by atoms with E-state index in [0.29, 0.717) is 23.0 Å². The molecule has 172 valence electrons. The third kappa shape index (κ3) is 4.04. The van der Waals surface area contributed by atoms with Crippen LogP contribution in [-0.4, -0.2) is 39.4 Å². The molecule has 1 saturated heterocycles. The van der Waals surface area contributed by atoms with Gasteiger partial charge in [0.2, 0.25) is 5.79 Å². The fourth-order valence-corrected chi connectivity index (χ4v) is 4.25. The van der Waals surface area contributed by atoms with Crippen molar-refractivity contribution in [1.29, 1.82) is 0 Å². The van der Waals surface area contributed by atoms with Gasteiger partial charge in [-0.1, -0.05) is 0 Å². The molecule has 1 atom stereocenters. The highest BCUT2D eigenvalue weighted by atomic mass is 19.1. The highest BCUT2D eigenvalue weighted by Gasteiger charge is 2.32. The van der Waals surface area contributed by atoms with Gasteiger partial charge in [0.25, 0.3) is 5.91 Å². The molecule has 33 heavy (non-hydrogen) atoms. The molecule has 2 aromatic heterocycles. The Morgan fingerprint density at radius 2 is 2.21 bits per heavy atom. The molecule has 10 heteroatoms. The quantitative estimate of drug-likeness (QED) is 0.611. The van der Waals surface area contributed by atoms with Crippen molar-refractivity contribution in [2.45, 2.75) is 38.5 Å². The number of nitrogens with zero attached hydrogens (tertiary/aromatic N) is 4. The normalized spacial score (nSPS) is 19.3. The second-order valence-electron chi connectivity index (χ2n) is 8.50. The molecule has 2 aliphatic rings. The van der Waals surface area contributed by atoms with Crippen LogP contribution in [-0.2, 0) is 9.47 Å². The van der Waals surface area contributed by atoms with E-state index in [1.807, 2.05) is 19.9 Å². The van der Waals surface area contributed by atoms with E-state index in [-0.39, 0.29) is 24.0 Å². The maximum atomic E-state index is 14.3. The van der Waals surface area contributed by atoms with Gasteiger partial charge in [-0.05, 0) is 37.1 Å². The number of benzene rings is 1. The molecule has 0 spiro atoms. The van der Waals surface area contributed by atoms with Gasteiger partial charge in [0.05, 0.1) is 12.2 Å². The zero-order chi connectivity index (χ0) is 23.2. The molecule has 0 radical (unpaired) electrons. The van der Waals surface area contributed by atoms with Crippen molar-refractivity contribution < 1.29 is 23.4 Å². The van der Waals surface area contributed by atoms with Crippen LogP contribution in [0.4, 0.5) is 10.2 Å². The molecule has 1 fully saturated rings. The number of aromatic nitrogens is 3. The third-order valence-electron chi connectivity index (χ3n) is 5.72. The predicted octanol–water partition coefficient (Wildman–Crippen LogP) is 3.31. The number of anilines is 1. The lowest BCUT2D eigenvalue weighted by atomic mass is 10.0. The standard InChI is InChI=1S/C23H24FN5O4/c1-23(2)32-13-15(33-23)12-31-19-6-5-14(24)10-16(19)18-4-3-8-28(18)20-7-9-29-22(27-20)17(11-26-29)21(25)30/h5-7,9-11,13,18H,3-4,8,12H2,1-2H3,(H2,25,30)/t18-/m1/s1. The molecule has 0 bridgehead atoms. The number of carbonyl (C=O) groups excluding carboxylic acids is 1. The van der Waals surface area contributed by atoms with Gasteiger partial charge in [0.15, 0.2) is 11.4 Å². The number of ether oxygens (including phenoxy) is 3. The highest BCUT2D eigenvalue weighted by Crippen LogP contribution is 2.40. The van der Waals surface area contributed by atoms with Gasteiger partial charge in [-0.2, -0.15) is 5.10 Å². The van der Waals surface area contributed by atoms with E-state index >= 15 is 0 Å². The van der Waals surface area contributed by atoms with E-state index in [1.165, 1.54) is 29.1 Å². The van der Waals surface area contributed by atoms with Crippen LogP contribution in [0.5, 0.6) is 5.75 Å². The van der Waals surface area contributed by atoms with E-state index < -0.39 is 11.7 Å². The second kappa shape index (κ2) is 7.95. The number of hydrogen-bond acceptors (Lipinski definition) is 7. The monoisotopic (exact) mass is 453 g/mol. The Morgan fingerprint density at radius 1 is 1.36 bits per heavy atom. The number of primary amides is 1. The molecule has 5 rings (SSSR count). The summed E-state index contributed by atoms with van der Waals surface area (Å²) in [5.41, 5.74) is 6.81. The number of amides is 1. The van der Waals surface area contributed by atoms with E-state index in [1.54, 1.807) is 12.3 Å². The summed E-state index contributed by atoms with van der Waals surface area (Å²) >= 11 is 0. The van der Waals surface area contributed by atoms with E-state index in [4.69, 9.17) is 19.9 Å². The summed E-state index contributed by atoms with van der Waals surface area (Å²) in [6.45, 7) is 4.51. The van der Waals surface area contributed by atoms with Crippen molar-refractivity contribution in [1.82, 2.24) is 14.6 Å². The number of hydrogen-bond donors (Lipinski definition) is 1. The van der Waals surface area contributed by atoms with Gasteiger partial charge < -0.3 is 24.8 Å². The van der Waals surface area contributed by atoms with Crippen LogP contribution < -0.4 is 15.4 Å². The molecular weight excluding hydrogens is 429 g/mol. The van der Waals surface area contributed by atoms with Crippen molar-refractivity contribution >= 4 is 17.4 Å². The van der Waals surface area contributed by atoms with Crippen LogP contribution >= 0.6 is 0 Å². The van der Waals surface area contributed by atoms with Crippen LogP contribution in [0, 0.1) is 5.82 Å². The molecule has 0 saturated carbocycles. The molecule has 0 aliphatic carbocycles. The lowest BCUT2D eigenvalue weighted by Gasteiger charge is -2.27. The molecule has 2 aliphatic heterocycles. The van der Waals surface area contributed by atoms with Crippen molar-refractivity contribution in [3.63, 3.8) is 0 Å². The minimum Gasteiger partial charge on any atom is -0.485 e. The molecule has 9 nitrogen and oxygen atoms in total. The Labute approximate surface area is 189 Å². The lowest BCUT2D eigenvalue weighted by molar-refractivity contribution is -0.119. The first-order valence-corrected chi connectivity index (χ1v) is 10.7. The fourth-order valence-electron chi connectivity index (χ4n) is 4.25. The molecule has 1 aromatic carbocycles. The van der Waals surface area contributed by atoms with Gasteiger partial charge in [0, 0.05) is 32.2 Å². The van der Waals surface area contributed by atoms with Gasteiger partial charge in [0.1, 0.15) is 35.8 Å². The molecular formula is C23H24FN5O4. The summed E-state index contributed by atoms with van der Waals surface area (Å²) in [6.07, 6.45) is 6.36. The molecule has 1 amide bonds. The largest absolute Gasteiger partial charge is 0.485 e. The SMILES string of the molecule is CC1(C)OC=C(COc2ccc(F)cc2[C@H]2CCCN2c2ccn3ncc(C(N)=O)c3n2)O1. The molecule has 0 unspecified atom stereocenters. The smallest absolute Gasteiger partial charge is 0.254 e. The van der Waals surface area contributed by atoms with Gasteiger partial charge >= 0.3 is 0 Å². The predicted molar refractivity (Wildman–Crippen MR) is 117 cm³/mol. The average molecular weight is 453 g/mol. The Kier molecular flexibility index (Phi) is 5.07. The van der Waals surface area contributed by atoms with Crippen LogP contribution in [0.1, 0.15) is 48.7 Å². The van der Waals surface area contributed by atoms with Crippen molar-refractivity contribution in [2.24, 2.45) is 5.73 Å². The number of fused-ring (bicyclic) bond motifs is 1. The lowest BCUT2D eigenvalue weighted by Crippen LogP contribution is -2.25. The zero-order valence-corrected chi connectivity index (χ0v) is 18.3. The van der Waals surface area contributed by atoms with Crippen molar-refractivity contribution in [3.05, 3.63) is 65.6 Å². The summed E-state index contributed by atoms with van der Waals surface area (Å²) in [5, 5.41) is 4.12. The highest BCUT2D eigenvalue weighted by molar-refractivity contribution is 5.98. The van der Waals surface area contributed by atoms with Crippen LogP contribution in [0.15, 0.2) is 48.7 Å². The summed E-state index contributed by atoms with van der Waals surface area (Å²) in [4.78, 5) is 18.4. The molecule has 4 heterocycles. The number of halogens is 1. The van der Waals surface area contributed by atoms with Crippen molar-refractivity contribution in [3.8, 4) is 5.75 Å². The minimum atomic E-state index is -0.728. The summed E-state index contributed by atoms with van der Waals surface area (Å²) in [6, 6.07) is 6.16. The number of nitrogens with two attached hydrogens (primary N) is 1. The summed E-state index contributed by atoms with van der Waals surface area (Å²) in [5.74, 6) is 0.106. The maximum absolute atomic E-state index is 14.3. The Hall–Kier alpha value is -3.82. The summed E-state index contributed by atoms with van der Waals surface area (Å²) < 4.78 is 32.9. The Bertz CT molecular complexity index is 1250. The first-order chi connectivity index (χ1) is 15.8. The van der Waals surface area contributed by atoms with E-state index in [0.717, 1.165) is 24.9 Å². The van der Waals surface area contributed by atoms with E-state index in [9.17, 15) is 9.18 Å². The van der Waals surface area contributed by atoms with E-state index in [2.05, 4.69) is 15.0 Å². The van der Waals surface area contributed by atoms with Gasteiger partial charge in [-0.15, -0.1) is 0 Å². The summed E-state index contributed by atoms with van der Waals surface area (Å²) in [7, 11) is 0. The first-order valence-electron chi connectivity index (χ1n) is 10.7. The number of carbonyl (C=O) groups is 1. The van der Waals surface area contributed by atoms with Crippen molar-refractivity contribution in [2.75, 3.05) is 18.1 Å². The molecule has 2 N–H and O–H groups in total. The first kappa shape index (κ1) is 21.0. The van der Waals surface area contributed by atoms with Crippen LogP contribution in [0.3, 0.4) is 0 Å². The third-order valence-corrected chi connectivity index (χ3v) is 5.72.